The molecule has 23 heavy (non-hydrogen) atoms. The Morgan fingerprint density at radius 1 is 1.09 bits per heavy atom. The van der Waals surface area contributed by atoms with E-state index >= 15 is 0 Å². The van der Waals surface area contributed by atoms with Gasteiger partial charge in [0.2, 0.25) is 0 Å². The van der Waals surface area contributed by atoms with Crippen LogP contribution in [0.25, 0.3) is 0 Å². The number of hydrogen-bond donors (Lipinski definition) is 1. The van der Waals surface area contributed by atoms with E-state index in [1.807, 2.05) is 17.0 Å². The van der Waals surface area contributed by atoms with Crippen molar-refractivity contribution in [1.29, 1.82) is 0 Å². The molecule has 1 aliphatic heterocycles. The van der Waals surface area contributed by atoms with E-state index in [2.05, 4.69) is 5.32 Å². The van der Waals surface area contributed by atoms with Gasteiger partial charge in [-0.2, -0.15) is 0 Å². The van der Waals surface area contributed by atoms with Crippen molar-refractivity contribution in [2.45, 2.75) is 6.61 Å². The van der Waals surface area contributed by atoms with E-state index in [-0.39, 0.29) is 11.7 Å². The minimum Gasteiger partial charge on any atom is -0.488 e. The minimum absolute atomic E-state index is 0.0128. The second-order valence-corrected chi connectivity index (χ2v) is 5.45. The van der Waals surface area contributed by atoms with Gasteiger partial charge in [-0.1, -0.05) is 24.3 Å². The van der Waals surface area contributed by atoms with E-state index in [0.29, 0.717) is 31.0 Å². The highest BCUT2D eigenvalue weighted by Crippen LogP contribution is 2.21. The molecule has 2 aromatic carbocycles. The number of halogens is 1. The molecular formula is C18H19FN2O2. The van der Waals surface area contributed by atoms with Gasteiger partial charge in [0.1, 0.15) is 18.2 Å². The number of nitrogens with zero attached hydrogens (tertiary/aromatic N) is 1. The van der Waals surface area contributed by atoms with Gasteiger partial charge in [0, 0.05) is 26.2 Å². The van der Waals surface area contributed by atoms with Crippen LogP contribution in [-0.4, -0.2) is 37.0 Å². The summed E-state index contributed by atoms with van der Waals surface area (Å²) in [5.74, 6) is 0.268. The molecule has 0 aliphatic carbocycles. The topological polar surface area (TPSA) is 41.6 Å². The Morgan fingerprint density at radius 3 is 2.52 bits per heavy atom. The first-order valence-corrected chi connectivity index (χ1v) is 7.70. The lowest BCUT2D eigenvalue weighted by Gasteiger charge is -2.28. The van der Waals surface area contributed by atoms with Gasteiger partial charge in [-0.15, -0.1) is 0 Å². The van der Waals surface area contributed by atoms with E-state index < -0.39 is 0 Å². The van der Waals surface area contributed by atoms with Crippen molar-refractivity contribution in [2.75, 3.05) is 26.2 Å². The minimum atomic E-state index is -0.275. The van der Waals surface area contributed by atoms with E-state index in [9.17, 15) is 9.18 Å². The Morgan fingerprint density at radius 2 is 1.78 bits per heavy atom. The summed E-state index contributed by atoms with van der Waals surface area (Å²) >= 11 is 0. The van der Waals surface area contributed by atoms with Crippen LogP contribution in [0.2, 0.25) is 0 Å². The van der Waals surface area contributed by atoms with Crippen molar-refractivity contribution in [2.24, 2.45) is 0 Å². The Kier molecular flexibility index (Phi) is 4.88. The molecule has 1 heterocycles. The third-order valence-corrected chi connectivity index (χ3v) is 3.83. The molecule has 120 valence electrons. The fraction of sp³-hybridized carbons (Fsp3) is 0.278. The molecular weight excluding hydrogens is 295 g/mol. The van der Waals surface area contributed by atoms with Crippen molar-refractivity contribution in [1.82, 2.24) is 10.2 Å². The molecule has 1 N–H and O–H groups in total. The van der Waals surface area contributed by atoms with Gasteiger partial charge in [0.25, 0.3) is 5.91 Å². The van der Waals surface area contributed by atoms with Crippen LogP contribution in [0.4, 0.5) is 4.39 Å². The number of ether oxygens (including phenoxy) is 1. The SMILES string of the molecule is O=C(c1ccccc1OCc1ccc(F)cc1)N1CCNCC1. The van der Waals surface area contributed by atoms with Crippen molar-refractivity contribution >= 4 is 5.91 Å². The molecule has 1 aliphatic rings. The molecule has 1 fully saturated rings. The molecule has 1 saturated heterocycles. The fourth-order valence-electron chi connectivity index (χ4n) is 2.55. The average molecular weight is 314 g/mol. The lowest BCUT2D eigenvalue weighted by atomic mass is 10.1. The van der Waals surface area contributed by atoms with Gasteiger partial charge in [-0.05, 0) is 29.8 Å². The normalized spacial score (nSPS) is 14.6. The van der Waals surface area contributed by atoms with Gasteiger partial charge >= 0.3 is 0 Å². The Labute approximate surface area is 134 Å². The molecule has 0 unspecified atom stereocenters. The summed E-state index contributed by atoms with van der Waals surface area (Å²) in [5, 5.41) is 3.23. The lowest BCUT2D eigenvalue weighted by Crippen LogP contribution is -2.46. The van der Waals surface area contributed by atoms with Crippen LogP contribution in [0.5, 0.6) is 5.75 Å². The molecule has 0 aromatic heterocycles. The predicted octanol–water partition coefficient (Wildman–Crippen LogP) is 2.45. The fourth-order valence-corrected chi connectivity index (χ4v) is 2.55. The number of benzene rings is 2. The van der Waals surface area contributed by atoms with Crippen molar-refractivity contribution in [3.05, 3.63) is 65.5 Å². The maximum Gasteiger partial charge on any atom is 0.257 e. The van der Waals surface area contributed by atoms with E-state index in [0.717, 1.165) is 18.7 Å². The summed E-state index contributed by atoms with van der Waals surface area (Å²) in [7, 11) is 0. The summed E-state index contributed by atoms with van der Waals surface area (Å²) in [5.41, 5.74) is 1.42. The Bertz CT molecular complexity index is 667. The molecule has 1 amide bonds. The predicted molar refractivity (Wildman–Crippen MR) is 85.9 cm³/mol. The molecule has 0 saturated carbocycles. The standard InChI is InChI=1S/C18H19FN2O2/c19-15-7-5-14(6-8-15)13-23-17-4-2-1-3-16(17)18(22)21-11-9-20-10-12-21/h1-8,20H,9-13H2. The zero-order valence-corrected chi connectivity index (χ0v) is 12.8. The number of carbonyl (C=O) groups excluding carboxylic acids is 1. The van der Waals surface area contributed by atoms with Crippen molar-refractivity contribution < 1.29 is 13.9 Å². The number of para-hydroxylation sites is 1. The van der Waals surface area contributed by atoms with E-state index in [4.69, 9.17) is 4.74 Å². The number of hydrogen-bond acceptors (Lipinski definition) is 3. The van der Waals surface area contributed by atoms with Gasteiger partial charge in [0.05, 0.1) is 5.56 Å². The van der Waals surface area contributed by atoms with Gasteiger partial charge < -0.3 is 15.0 Å². The second kappa shape index (κ2) is 7.24. The Balaban J connectivity index is 1.72. The average Bonchev–Trinajstić information content (AvgIpc) is 2.62. The highest BCUT2D eigenvalue weighted by atomic mass is 19.1. The van der Waals surface area contributed by atoms with Crippen LogP contribution in [0.15, 0.2) is 48.5 Å². The smallest absolute Gasteiger partial charge is 0.257 e. The zero-order valence-electron chi connectivity index (χ0n) is 12.8. The largest absolute Gasteiger partial charge is 0.488 e. The van der Waals surface area contributed by atoms with Crippen LogP contribution in [0.3, 0.4) is 0 Å². The highest BCUT2D eigenvalue weighted by molar-refractivity contribution is 5.97. The summed E-state index contributed by atoms with van der Waals surface area (Å²) in [6, 6.07) is 13.4. The molecule has 2 aromatic rings. The molecule has 0 bridgehead atoms. The van der Waals surface area contributed by atoms with Crippen LogP contribution in [-0.2, 0) is 6.61 Å². The number of amides is 1. The van der Waals surface area contributed by atoms with E-state index in [1.165, 1.54) is 12.1 Å². The third-order valence-electron chi connectivity index (χ3n) is 3.83. The van der Waals surface area contributed by atoms with Crippen LogP contribution < -0.4 is 10.1 Å². The lowest BCUT2D eigenvalue weighted by molar-refractivity contribution is 0.0731. The first-order valence-electron chi connectivity index (χ1n) is 7.70. The molecule has 4 nitrogen and oxygen atoms in total. The van der Waals surface area contributed by atoms with Gasteiger partial charge in [-0.25, -0.2) is 4.39 Å². The highest BCUT2D eigenvalue weighted by Gasteiger charge is 2.20. The molecule has 5 heteroatoms. The summed E-state index contributed by atoms with van der Waals surface area (Å²) < 4.78 is 18.7. The summed E-state index contributed by atoms with van der Waals surface area (Å²) in [6.07, 6.45) is 0. The van der Waals surface area contributed by atoms with Gasteiger partial charge in [0.15, 0.2) is 0 Å². The van der Waals surface area contributed by atoms with E-state index in [1.54, 1.807) is 24.3 Å². The van der Waals surface area contributed by atoms with Crippen LogP contribution >= 0.6 is 0 Å². The Hall–Kier alpha value is -2.40. The summed E-state index contributed by atoms with van der Waals surface area (Å²) in [4.78, 5) is 14.5. The quantitative estimate of drug-likeness (QED) is 0.942. The van der Waals surface area contributed by atoms with Gasteiger partial charge in [-0.3, -0.25) is 4.79 Å². The first-order chi connectivity index (χ1) is 11.2. The molecule has 0 radical (unpaired) electrons. The number of piperazine rings is 1. The second-order valence-electron chi connectivity index (χ2n) is 5.45. The third kappa shape index (κ3) is 3.87. The first kappa shape index (κ1) is 15.5. The number of rotatable bonds is 4. The molecule has 3 rings (SSSR count). The van der Waals surface area contributed by atoms with Crippen LogP contribution in [0, 0.1) is 5.82 Å². The van der Waals surface area contributed by atoms with Crippen molar-refractivity contribution in [3.8, 4) is 5.75 Å². The number of nitrogens with one attached hydrogen (secondary N) is 1. The zero-order chi connectivity index (χ0) is 16.1. The summed E-state index contributed by atoms with van der Waals surface area (Å²) in [6.45, 7) is 3.32. The number of carbonyl (C=O) groups is 1. The maximum atomic E-state index is 12.9. The van der Waals surface area contributed by atoms with Crippen molar-refractivity contribution in [3.63, 3.8) is 0 Å². The van der Waals surface area contributed by atoms with Crippen LogP contribution in [0.1, 0.15) is 15.9 Å². The maximum absolute atomic E-state index is 12.9. The molecule has 0 spiro atoms. The molecule has 0 atom stereocenters. The monoisotopic (exact) mass is 314 g/mol.